The number of rotatable bonds is 11. The lowest BCUT2D eigenvalue weighted by Gasteiger charge is -2.20. The SMILES string of the molecule is O=C1CCc2cc(C(=O)CCCN(OCCO)OCCO)ccc2N1. The third kappa shape index (κ3) is 6.18. The van der Waals surface area contributed by atoms with E-state index in [1.54, 1.807) is 12.1 Å². The highest BCUT2D eigenvalue weighted by Crippen LogP contribution is 2.24. The number of Topliss-reactive ketones (excluding diaryl/α,β-unsaturated/α-hetero) is 1. The molecule has 0 aliphatic carbocycles. The first-order valence-corrected chi connectivity index (χ1v) is 8.35. The molecule has 0 radical (unpaired) electrons. The van der Waals surface area contributed by atoms with Crippen molar-refractivity contribution in [2.75, 3.05) is 38.3 Å². The molecule has 0 aromatic heterocycles. The molecule has 0 unspecified atom stereocenters. The highest BCUT2D eigenvalue weighted by Gasteiger charge is 2.17. The quantitative estimate of drug-likeness (QED) is 0.397. The van der Waals surface area contributed by atoms with E-state index in [0.29, 0.717) is 37.8 Å². The van der Waals surface area contributed by atoms with Crippen LogP contribution in [0.5, 0.6) is 0 Å². The zero-order valence-corrected chi connectivity index (χ0v) is 14.1. The molecule has 1 aromatic carbocycles. The van der Waals surface area contributed by atoms with Gasteiger partial charge in [0, 0.05) is 24.1 Å². The summed E-state index contributed by atoms with van der Waals surface area (Å²) in [4.78, 5) is 34.0. The Kier molecular flexibility index (Phi) is 7.96. The van der Waals surface area contributed by atoms with Crippen LogP contribution < -0.4 is 5.32 Å². The first kappa shape index (κ1) is 19.5. The maximum Gasteiger partial charge on any atom is 0.224 e. The second kappa shape index (κ2) is 10.2. The molecule has 1 aliphatic heterocycles. The Labute approximate surface area is 146 Å². The Bertz CT molecular complexity index is 585. The second-order valence-electron chi connectivity index (χ2n) is 5.62. The molecule has 1 heterocycles. The number of benzene rings is 1. The molecule has 1 amide bonds. The van der Waals surface area contributed by atoms with E-state index in [1.807, 2.05) is 6.07 Å². The topological polar surface area (TPSA) is 108 Å². The number of ketones is 1. The third-order valence-electron chi connectivity index (χ3n) is 3.72. The van der Waals surface area contributed by atoms with Crippen LogP contribution in [0.25, 0.3) is 0 Å². The Hall–Kier alpha value is -1.84. The van der Waals surface area contributed by atoms with E-state index in [4.69, 9.17) is 19.9 Å². The Morgan fingerprint density at radius 1 is 1.16 bits per heavy atom. The number of aliphatic hydroxyl groups is 2. The summed E-state index contributed by atoms with van der Waals surface area (Å²) < 4.78 is 0. The van der Waals surface area contributed by atoms with Crippen molar-refractivity contribution in [1.82, 2.24) is 5.23 Å². The molecule has 0 fully saturated rings. The number of amides is 1. The summed E-state index contributed by atoms with van der Waals surface area (Å²) in [6.07, 6.45) is 1.89. The minimum absolute atomic E-state index is 0.00238. The van der Waals surface area contributed by atoms with Gasteiger partial charge in [-0.3, -0.25) is 19.3 Å². The maximum absolute atomic E-state index is 12.3. The average molecular weight is 352 g/mol. The van der Waals surface area contributed by atoms with Crippen LogP contribution in [0.1, 0.15) is 35.2 Å². The molecule has 8 heteroatoms. The predicted octanol–water partition coefficient (Wildman–Crippen LogP) is 0.684. The van der Waals surface area contributed by atoms with Crippen LogP contribution in [0.4, 0.5) is 5.69 Å². The molecule has 1 aliphatic rings. The lowest BCUT2D eigenvalue weighted by Crippen LogP contribution is -2.28. The number of nitrogens with zero attached hydrogens (tertiary/aromatic N) is 1. The average Bonchev–Trinajstić information content (AvgIpc) is 2.62. The number of fused-ring (bicyclic) bond motifs is 1. The van der Waals surface area contributed by atoms with Gasteiger partial charge < -0.3 is 15.5 Å². The van der Waals surface area contributed by atoms with E-state index >= 15 is 0 Å². The van der Waals surface area contributed by atoms with Gasteiger partial charge in [-0.25, -0.2) is 0 Å². The van der Waals surface area contributed by atoms with Crippen molar-refractivity contribution < 1.29 is 29.5 Å². The molecule has 8 nitrogen and oxygen atoms in total. The Balaban J connectivity index is 1.83. The van der Waals surface area contributed by atoms with Gasteiger partial charge in [0.05, 0.1) is 33.0 Å². The monoisotopic (exact) mass is 352 g/mol. The molecule has 25 heavy (non-hydrogen) atoms. The van der Waals surface area contributed by atoms with E-state index in [0.717, 1.165) is 11.3 Å². The van der Waals surface area contributed by atoms with E-state index in [2.05, 4.69) is 5.32 Å². The number of carbonyl (C=O) groups is 2. The highest BCUT2D eigenvalue weighted by molar-refractivity contribution is 5.98. The number of hydroxylamine groups is 2. The number of anilines is 1. The molecular formula is C17H24N2O6. The lowest BCUT2D eigenvalue weighted by atomic mass is 9.97. The van der Waals surface area contributed by atoms with Gasteiger partial charge in [-0.15, -0.1) is 0 Å². The number of aliphatic hydroxyl groups excluding tert-OH is 2. The van der Waals surface area contributed by atoms with Gasteiger partial charge in [0.1, 0.15) is 0 Å². The fraction of sp³-hybridized carbons (Fsp3) is 0.529. The maximum atomic E-state index is 12.3. The Morgan fingerprint density at radius 3 is 2.56 bits per heavy atom. The van der Waals surface area contributed by atoms with Gasteiger partial charge in [-0.05, 0) is 36.6 Å². The molecular weight excluding hydrogens is 328 g/mol. The summed E-state index contributed by atoms with van der Waals surface area (Å²) in [5, 5.41) is 21.5. The summed E-state index contributed by atoms with van der Waals surface area (Å²) in [5.41, 5.74) is 2.37. The number of aryl methyl sites for hydroxylation is 1. The molecule has 2 rings (SSSR count). The number of nitrogens with one attached hydrogen (secondary N) is 1. The molecule has 0 saturated heterocycles. The van der Waals surface area contributed by atoms with Crippen molar-refractivity contribution in [2.24, 2.45) is 0 Å². The van der Waals surface area contributed by atoms with Crippen molar-refractivity contribution in [3.63, 3.8) is 0 Å². The van der Waals surface area contributed by atoms with E-state index in [9.17, 15) is 9.59 Å². The fourth-order valence-corrected chi connectivity index (χ4v) is 2.52. The second-order valence-corrected chi connectivity index (χ2v) is 5.62. The summed E-state index contributed by atoms with van der Waals surface area (Å²) >= 11 is 0. The zero-order chi connectivity index (χ0) is 18.1. The normalized spacial score (nSPS) is 13.6. The van der Waals surface area contributed by atoms with E-state index in [-0.39, 0.29) is 38.1 Å². The lowest BCUT2D eigenvalue weighted by molar-refractivity contribution is -0.371. The van der Waals surface area contributed by atoms with Crippen molar-refractivity contribution in [1.29, 1.82) is 0 Å². The van der Waals surface area contributed by atoms with Crippen molar-refractivity contribution in [2.45, 2.75) is 25.7 Å². The number of hydrogen-bond donors (Lipinski definition) is 3. The molecule has 1 aromatic rings. The third-order valence-corrected chi connectivity index (χ3v) is 3.72. The summed E-state index contributed by atoms with van der Waals surface area (Å²) in [5.74, 6) is 0.00129. The van der Waals surface area contributed by atoms with Crippen LogP contribution in [0, 0.1) is 0 Å². The molecule has 138 valence electrons. The van der Waals surface area contributed by atoms with Gasteiger partial charge in [0.25, 0.3) is 0 Å². The van der Waals surface area contributed by atoms with Crippen molar-refractivity contribution in [3.8, 4) is 0 Å². The van der Waals surface area contributed by atoms with Gasteiger partial charge in [-0.2, -0.15) is 0 Å². The summed E-state index contributed by atoms with van der Waals surface area (Å²) in [6, 6.07) is 5.31. The first-order valence-electron chi connectivity index (χ1n) is 8.35. The van der Waals surface area contributed by atoms with Gasteiger partial charge in [0.15, 0.2) is 5.78 Å². The molecule has 0 spiro atoms. The first-order chi connectivity index (χ1) is 12.1. The van der Waals surface area contributed by atoms with Crippen LogP contribution in [0.3, 0.4) is 0 Å². The van der Waals surface area contributed by atoms with Crippen LogP contribution in [-0.4, -0.2) is 60.1 Å². The van der Waals surface area contributed by atoms with E-state index < -0.39 is 0 Å². The van der Waals surface area contributed by atoms with Crippen LogP contribution in [-0.2, 0) is 20.9 Å². The summed E-state index contributed by atoms with van der Waals surface area (Å²) in [7, 11) is 0. The zero-order valence-electron chi connectivity index (χ0n) is 14.1. The molecule has 0 bridgehead atoms. The predicted molar refractivity (Wildman–Crippen MR) is 89.7 cm³/mol. The fourth-order valence-electron chi connectivity index (χ4n) is 2.52. The van der Waals surface area contributed by atoms with E-state index in [1.165, 1.54) is 5.23 Å². The van der Waals surface area contributed by atoms with Gasteiger partial charge in [-0.1, -0.05) is 5.23 Å². The standard InChI is InChI=1S/C17H24N2O6/c20-8-10-24-19(25-11-9-21)7-1-2-16(22)14-3-5-15-13(12-14)4-6-17(23)18-15/h3,5,12,20-21H,1-2,4,6-11H2,(H,18,23). The molecule has 0 atom stereocenters. The van der Waals surface area contributed by atoms with Crippen LogP contribution in [0.15, 0.2) is 18.2 Å². The highest BCUT2D eigenvalue weighted by atomic mass is 16.9. The smallest absolute Gasteiger partial charge is 0.224 e. The van der Waals surface area contributed by atoms with Crippen molar-refractivity contribution >= 4 is 17.4 Å². The van der Waals surface area contributed by atoms with Gasteiger partial charge >= 0.3 is 0 Å². The van der Waals surface area contributed by atoms with Crippen molar-refractivity contribution in [3.05, 3.63) is 29.3 Å². The number of carbonyl (C=O) groups excluding carboxylic acids is 2. The largest absolute Gasteiger partial charge is 0.394 e. The number of hydrogen-bond acceptors (Lipinski definition) is 7. The van der Waals surface area contributed by atoms with Gasteiger partial charge in [0.2, 0.25) is 5.91 Å². The minimum atomic E-state index is -0.149. The van der Waals surface area contributed by atoms with Crippen LogP contribution in [0.2, 0.25) is 0 Å². The molecule has 0 saturated carbocycles. The Morgan fingerprint density at radius 2 is 1.88 bits per heavy atom. The molecule has 3 N–H and O–H groups in total. The van der Waals surface area contributed by atoms with Crippen LogP contribution >= 0.6 is 0 Å². The minimum Gasteiger partial charge on any atom is -0.394 e. The summed E-state index contributed by atoms with van der Waals surface area (Å²) in [6.45, 7) is 0.200.